The van der Waals surface area contributed by atoms with Crippen molar-refractivity contribution < 1.29 is 5.11 Å². The van der Waals surface area contributed by atoms with Gasteiger partial charge in [-0.3, -0.25) is 4.68 Å². The number of nitrogens with one attached hydrogen (secondary N) is 2. The lowest BCUT2D eigenvalue weighted by Gasteiger charge is -2.23. The predicted molar refractivity (Wildman–Crippen MR) is 121 cm³/mol. The van der Waals surface area contributed by atoms with Crippen LogP contribution in [0.4, 0.5) is 0 Å². The maximum atomic E-state index is 10.7. The van der Waals surface area contributed by atoms with Crippen molar-refractivity contribution in [1.82, 2.24) is 29.8 Å². The molecule has 8 nitrogen and oxygen atoms in total. The van der Waals surface area contributed by atoms with Crippen LogP contribution in [0.25, 0.3) is 5.65 Å². The molecule has 3 aromatic rings. The van der Waals surface area contributed by atoms with Gasteiger partial charge in [0, 0.05) is 37.2 Å². The van der Waals surface area contributed by atoms with E-state index in [-0.39, 0.29) is 24.0 Å². The van der Waals surface area contributed by atoms with Gasteiger partial charge in [0.15, 0.2) is 5.96 Å². The number of halogens is 1. The van der Waals surface area contributed by atoms with Crippen molar-refractivity contribution in [2.75, 3.05) is 13.1 Å². The number of aliphatic imine (C=N–C) groups is 1. The van der Waals surface area contributed by atoms with Gasteiger partial charge in [-0.25, -0.2) is 9.98 Å². The van der Waals surface area contributed by atoms with E-state index in [1.807, 2.05) is 51.5 Å². The Morgan fingerprint density at radius 1 is 1.29 bits per heavy atom. The molecule has 3 heterocycles. The van der Waals surface area contributed by atoms with E-state index in [1.54, 1.807) is 17.8 Å². The van der Waals surface area contributed by atoms with Crippen LogP contribution >= 0.6 is 24.0 Å². The quantitative estimate of drug-likeness (QED) is 0.275. The van der Waals surface area contributed by atoms with Crippen molar-refractivity contribution >= 4 is 35.6 Å². The molecule has 3 aromatic heterocycles. The molecular formula is C19H28IN7O. The number of aryl methyl sites for hydroxylation is 2. The number of hydrogen-bond donors (Lipinski definition) is 3. The predicted octanol–water partition coefficient (Wildman–Crippen LogP) is 1.96. The van der Waals surface area contributed by atoms with Crippen molar-refractivity contribution in [2.45, 2.75) is 32.9 Å². The van der Waals surface area contributed by atoms with Crippen LogP contribution in [0.5, 0.6) is 0 Å². The molecule has 0 bridgehead atoms. The van der Waals surface area contributed by atoms with E-state index in [9.17, 15) is 5.11 Å². The fraction of sp³-hybridized carbons (Fsp3) is 0.421. The molecule has 1 atom stereocenters. The Hall–Kier alpha value is -2.14. The molecule has 0 aliphatic rings. The average molecular weight is 497 g/mol. The molecule has 3 rings (SSSR count). The number of aliphatic hydroxyl groups is 1. The zero-order valence-corrected chi connectivity index (χ0v) is 19.0. The molecule has 152 valence electrons. The Kier molecular flexibility index (Phi) is 7.41. The third-order valence-corrected chi connectivity index (χ3v) is 4.42. The van der Waals surface area contributed by atoms with Crippen LogP contribution in [0.2, 0.25) is 0 Å². The first-order valence-corrected chi connectivity index (χ1v) is 9.06. The van der Waals surface area contributed by atoms with Gasteiger partial charge in [0.1, 0.15) is 11.2 Å². The molecule has 3 N–H and O–H groups in total. The summed E-state index contributed by atoms with van der Waals surface area (Å²) in [6, 6.07) is 6.03. The highest BCUT2D eigenvalue weighted by Gasteiger charge is 2.25. The Morgan fingerprint density at radius 2 is 2.07 bits per heavy atom. The summed E-state index contributed by atoms with van der Waals surface area (Å²) < 4.78 is 3.73. The van der Waals surface area contributed by atoms with Crippen molar-refractivity contribution in [1.29, 1.82) is 0 Å². The Balaban J connectivity index is 0.00000280. The minimum Gasteiger partial charge on any atom is -0.383 e. The van der Waals surface area contributed by atoms with Gasteiger partial charge in [-0.1, -0.05) is 6.07 Å². The average Bonchev–Trinajstić information content (AvgIpc) is 3.25. The van der Waals surface area contributed by atoms with E-state index in [1.165, 1.54) is 0 Å². The summed E-state index contributed by atoms with van der Waals surface area (Å²) in [6.45, 7) is 7.30. The molecule has 9 heteroatoms. The van der Waals surface area contributed by atoms with Gasteiger partial charge in [-0.05, 0) is 32.9 Å². The Bertz CT molecular complexity index is 945. The minimum atomic E-state index is -1.05. The number of fused-ring (bicyclic) bond motifs is 1. The molecule has 0 aliphatic heterocycles. The van der Waals surface area contributed by atoms with Crippen molar-refractivity contribution in [2.24, 2.45) is 12.0 Å². The van der Waals surface area contributed by atoms with E-state index < -0.39 is 5.60 Å². The standard InChI is InChI=1S/C19H27N7O.HI/c1-5-20-18(22-13-19(3,27)15-9-23-25(4)11-15)21-10-16-12-26-14(2)7-6-8-17(26)24-16;/h6-9,11-12,27H,5,10,13H2,1-4H3,(H2,20,21,22);1H. The molecular weight excluding hydrogens is 469 g/mol. The first kappa shape index (κ1) is 22.2. The summed E-state index contributed by atoms with van der Waals surface area (Å²) in [5, 5.41) is 21.2. The summed E-state index contributed by atoms with van der Waals surface area (Å²) in [5.74, 6) is 0.635. The lowest BCUT2D eigenvalue weighted by atomic mass is 10.00. The van der Waals surface area contributed by atoms with Crippen molar-refractivity contribution in [3.8, 4) is 0 Å². The molecule has 0 radical (unpaired) electrons. The summed E-state index contributed by atoms with van der Waals surface area (Å²) in [7, 11) is 1.83. The highest BCUT2D eigenvalue weighted by atomic mass is 127. The van der Waals surface area contributed by atoms with Crippen LogP contribution in [-0.2, 0) is 19.2 Å². The van der Waals surface area contributed by atoms with Gasteiger partial charge >= 0.3 is 0 Å². The van der Waals surface area contributed by atoms with Gasteiger partial charge in [-0.15, -0.1) is 24.0 Å². The maximum Gasteiger partial charge on any atom is 0.191 e. The molecule has 1 unspecified atom stereocenters. The van der Waals surface area contributed by atoms with Crippen molar-refractivity contribution in [3.05, 3.63) is 53.7 Å². The molecule has 0 fully saturated rings. The van der Waals surface area contributed by atoms with E-state index in [2.05, 4.69) is 30.1 Å². The van der Waals surface area contributed by atoms with Gasteiger partial charge < -0.3 is 20.1 Å². The second-order valence-corrected chi connectivity index (χ2v) is 6.85. The molecule has 28 heavy (non-hydrogen) atoms. The molecule has 0 saturated carbocycles. The number of imidazole rings is 1. The van der Waals surface area contributed by atoms with Crippen LogP contribution in [0.1, 0.15) is 30.8 Å². The highest BCUT2D eigenvalue weighted by Crippen LogP contribution is 2.18. The lowest BCUT2D eigenvalue weighted by Crippen LogP contribution is -2.44. The van der Waals surface area contributed by atoms with Crippen molar-refractivity contribution in [3.63, 3.8) is 0 Å². The van der Waals surface area contributed by atoms with E-state index >= 15 is 0 Å². The fourth-order valence-electron chi connectivity index (χ4n) is 2.83. The Morgan fingerprint density at radius 3 is 2.71 bits per heavy atom. The number of nitrogens with zero attached hydrogens (tertiary/aromatic N) is 5. The summed E-state index contributed by atoms with van der Waals surface area (Å²) in [6.07, 6.45) is 5.49. The molecule has 0 spiro atoms. The van der Waals surface area contributed by atoms with Gasteiger partial charge in [0.25, 0.3) is 0 Å². The number of hydrogen-bond acceptors (Lipinski definition) is 4. The van der Waals surface area contributed by atoms with Crippen LogP contribution in [0, 0.1) is 6.92 Å². The molecule has 0 aromatic carbocycles. The third-order valence-electron chi connectivity index (χ3n) is 4.42. The first-order chi connectivity index (χ1) is 12.9. The normalized spacial score (nSPS) is 13.8. The van der Waals surface area contributed by atoms with Crippen LogP contribution < -0.4 is 10.6 Å². The van der Waals surface area contributed by atoms with Crippen LogP contribution in [-0.4, -0.2) is 43.3 Å². The third kappa shape index (κ3) is 5.22. The number of aromatic nitrogens is 4. The Labute approximate surface area is 182 Å². The van der Waals surface area contributed by atoms with E-state index in [0.717, 1.165) is 29.1 Å². The second kappa shape index (κ2) is 9.37. The van der Waals surface area contributed by atoms with E-state index in [0.29, 0.717) is 19.0 Å². The van der Waals surface area contributed by atoms with Gasteiger partial charge in [0.2, 0.25) is 0 Å². The topological polar surface area (TPSA) is 91.8 Å². The highest BCUT2D eigenvalue weighted by molar-refractivity contribution is 14.0. The molecule has 0 amide bonds. The van der Waals surface area contributed by atoms with Gasteiger partial charge in [0.05, 0.1) is 25.0 Å². The van der Waals surface area contributed by atoms with Gasteiger partial charge in [-0.2, -0.15) is 5.10 Å². The van der Waals surface area contributed by atoms with E-state index in [4.69, 9.17) is 0 Å². The summed E-state index contributed by atoms with van der Waals surface area (Å²) >= 11 is 0. The van der Waals surface area contributed by atoms with Crippen LogP contribution in [0.15, 0.2) is 41.8 Å². The number of guanidine groups is 1. The number of rotatable bonds is 6. The largest absolute Gasteiger partial charge is 0.383 e. The minimum absolute atomic E-state index is 0. The fourth-order valence-corrected chi connectivity index (χ4v) is 2.83. The SMILES string of the molecule is CCNC(=NCc1cn2c(C)cccc2n1)NCC(C)(O)c1cnn(C)c1.I. The molecule has 0 aliphatic carbocycles. The summed E-state index contributed by atoms with van der Waals surface area (Å²) in [5.41, 5.74) is 2.64. The van der Waals surface area contributed by atoms with Crippen LogP contribution in [0.3, 0.4) is 0 Å². The monoisotopic (exact) mass is 497 g/mol. The summed E-state index contributed by atoms with van der Waals surface area (Å²) in [4.78, 5) is 9.20. The first-order valence-electron chi connectivity index (χ1n) is 9.06. The maximum absolute atomic E-state index is 10.7. The lowest BCUT2D eigenvalue weighted by molar-refractivity contribution is 0.0616. The number of pyridine rings is 1. The zero-order chi connectivity index (χ0) is 19.4. The second-order valence-electron chi connectivity index (χ2n) is 6.85. The smallest absolute Gasteiger partial charge is 0.191 e. The molecule has 0 saturated heterocycles. The zero-order valence-electron chi connectivity index (χ0n) is 16.7.